The van der Waals surface area contributed by atoms with E-state index in [0.29, 0.717) is 0 Å². The van der Waals surface area contributed by atoms with Gasteiger partial charge < -0.3 is 9.29 Å². The smallest absolute Gasteiger partial charge is 0.0487 e. The Kier molecular flexibility index (Phi) is 4.66. The molecule has 5 rings (SSSR count). The zero-order valence-corrected chi connectivity index (χ0v) is 16.8. The topological polar surface area (TPSA) is 20.2 Å². The molecule has 1 aliphatic heterocycles. The number of fused-ring (bicyclic) bond motifs is 3. The van der Waals surface area contributed by atoms with Crippen molar-refractivity contribution in [1.82, 2.24) is 9.47 Å². The van der Waals surface area contributed by atoms with E-state index in [2.05, 4.69) is 39.3 Å². The lowest BCUT2D eigenvalue weighted by Gasteiger charge is -2.33. The van der Waals surface area contributed by atoms with Gasteiger partial charge in [0.15, 0.2) is 0 Å². The van der Waals surface area contributed by atoms with Crippen LogP contribution in [-0.4, -0.2) is 27.3 Å². The lowest BCUT2D eigenvalue weighted by molar-refractivity contribution is 0.180. The molecule has 1 aromatic carbocycles. The van der Waals surface area contributed by atoms with Crippen LogP contribution < -0.4 is 4.72 Å². The van der Waals surface area contributed by atoms with Crippen LogP contribution in [0, 0.1) is 0 Å². The highest BCUT2D eigenvalue weighted by molar-refractivity contribution is 8.01. The molecule has 0 saturated heterocycles. The number of nitrogens with zero attached hydrogens (tertiary/aromatic N) is 2. The summed E-state index contributed by atoms with van der Waals surface area (Å²) in [5, 5.41) is 2.33. The summed E-state index contributed by atoms with van der Waals surface area (Å²) in [6.45, 7) is 5.86. The van der Waals surface area contributed by atoms with Crippen molar-refractivity contribution in [1.29, 1.82) is 0 Å². The fraction of sp³-hybridized carbons (Fsp3) is 0.636. The first-order valence-corrected chi connectivity index (χ1v) is 11.5. The molecule has 3 nitrogen and oxygen atoms in total. The van der Waals surface area contributed by atoms with Crippen molar-refractivity contribution in [3.63, 3.8) is 0 Å². The first-order valence-electron chi connectivity index (χ1n) is 10.6. The molecule has 1 N–H and O–H groups in total. The minimum Gasteiger partial charge on any atom is -0.344 e. The maximum atomic E-state index is 3.61. The van der Waals surface area contributed by atoms with Gasteiger partial charge in [-0.05, 0) is 67.8 Å². The highest BCUT2D eigenvalue weighted by Gasteiger charge is 2.29. The second-order valence-electron chi connectivity index (χ2n) is 8.39. The largest absolute Gasteiger partial charge is 0.344 e. The highest BCUT2D eigenvalue weighted by atomic mass is 32.2. The van der Waals surface area contributed by atoms with Crippen molar-refractivity contribution >= 4 is 28.5 Å². The van der Waals surface area contributed by atoms with E-state index in [9.17, 15) is 0 Å². The monoisotopic (exact) mass is 369 g/mol. The molecule has 2 saturated carbocycles. The number of nitrogens with one attached hydrogen (secondary N) is 1. The quantitative estimate of drug-likeness (QED) is 0.672. The molecule has 1 aromatic heterocycles. The third-order valence-electron chi connectivity index (χ3n) is 6.44. The molecule has 2 aliphatic carbocycles. The lowest BCUT2D eigenvalue weighted by atomic mass is 10.0. The predicted molar refractivity (Wildman–Crippen MR) is 113 cm³/mol. The number of aromatic nitrogens is 1. The van der Waals surface area contributed by atoms with Crippen LogP contribution in [0.4, 0.5) is 5.69 Å². The normalized spacial score (nSPS) is 21.4. The Hall–Kier alpha value is -1.13. The summed E-state index contributed by atoms with van der Waals surface area (Å²) in [6, 6.07) is 7.90. The van der Waals surface area contributed by atoms with Crippen molar-refractivity contribution in [2.45, 2.75) is 82.7 Å². The van der Waals surface area contributed by atoms with Gasteiger partial charge in [-0.25, -0.2) is 0 Å². The van der Waals surface area contributed by atoms with Crippen LogP contribution in [-0.2, 0) is 19.5 Å². The van der Waals surface area contributed by atoms with E-state index in [1.807, 2.05) is 11.9 Å². The molecular weight excluding hydrogens is 338 g/mol. The Labute approximate surface area is 161 Å². The summed E-state index contributed by atoms with van der Waals surface area (Å²) in [4.78, 5) is 2.78. The molecule has 0 unspecified atom stereocenters. The van der Waals surface area contributed by atoms with Crippen molar-refractivity contribution in [3.05, 3.63) is 29.5 Å². The molecule has 0 spiro atoms. The summed E-state index contributed by atoms with van der Waals surface area (Å²) in [5.74, 6) is 0. The van der Waals surface area contributed by atoms with Crippen LogP contribution in [0.1, 0.15) is 63.1 Å². The molecule has 2 fully saturated rings. The Morgan fingerprint density at radius 2 is 2.00 bits per heavy atom. The van der Waals surface area contributed by atoms with Crippen molar-refractivity contribution in [2.75, 3.05) is 11.3 Å². The van der Waals surface area contributed by atoms with Gasteiger partial charge in [-0.3, -0.25) is 4.90 Å². The first kappa shape index (κ1) is 17.0. The van der Waals surface area contributed by atoms with Crippen molar-refractivity contribution < 1.29 is 0 Å². The van der Waals surface area contributed by atoms with E-state index in [-0.39, 0.29) is 0 Å². The Balaban J connectivity index is 1.49. The summed E-state index contributed by atoms with van der Waals surface area (Å²) in [6.07, 6.45) is 10.9. The zero-order valence-electron chi connectivity index (χ0n) is 16.0. The van der Waals surface area contributed by atoms with Gasteiger partial charge in [-0.15, -0.1) is 0 Å². The molecular formula is C22H31N3S. The molecule has 0 radical (unpaired) electrons. The minimum absolute atomic E-state index is 0.833. The molecule has 0 amide bonds. The summed E-state index contributed by atoms with van der Waals surface area (Å²) in [5.41, 5.74) is 5.96. The van der Waals surface area contributed by atoms with Crippen LogP contribution in [0.3, 0.4) is 0 Å². The number of hydrogen-bond acceptors (Lipinski definition) is 3. The summed E-state index contributed by atoms with van der Waals surface area (Å²) in [7, 11) is 0. The highest BCUT2D eigenvalue weighted by Crippen LogP contribution is 2.38. The summed E-state index contributed by atoms with van der Waals surface area (Å²) < 4.78 is 6.23. The average Bonchev–Trinajstić information content (AvgIpc) is 3.24. The van der Waals surface area contributed by atoms with Gasteiger partial charge >= 0.3 is 0 Å². The number of rotatable bonds is 6. The standard InChI is InChI=1S/C22H31N3S/c1-2-12-25-21-10-7-16(23-26-18-8-9-18)14-19(21)20-15-24(13-11-22(20)25)17-5-3-4-6-17/h7,10,14,17-18,23H,2-6,8-9,11-13,15H2,1H3. The Bertz CT molecular complexity index is 786. The van der Waals surface area contributed by atoms with E-state index in [4.69, 9.17) is 0 Å². The van der Waals surface area contributed by atoms with E-state index < -0.39 is 0 Å². The van der Waals surface area contributed by atoms with Gasteiger partial charge in [0, 0.05) is 59.6 Å². The number of benzene rings is 1. The lowest BCUT2D eigenvalue weighted by Crippen LogP contribution is -2.38. The zero-order chi connectivity index (χ0) is 17.5. The number of aryl methyl sites for hydroxylation is 1. The molecule has 0 bridgehead atoms. The van der Waals surface area contributed by atoms with Gasteiger partial charge in [0.1, 0.15) is 0 Å². The Morgan fingerprint density at radius 1 is 1.15 bits per heavy atom. The molecule has 0 atom stereocenters. The molecule has 3 aliphatic rings. The van der Waals surface area contributed by atoms with Crippen LogP contribution in [0.5, 0.6) is 0 Å². The maximum Gasteiger partial charge on any atom is 0.0487 e. The third-order valence-corrected chi connectivity index (χ3v) is 7.60. The molecule has 2 aromatic rings. The maximum absolute atomic E-state index is 3.61. The van der Waals surface area contributed by atoms with E-state index >= 15 is 0 Å². The second-order valence-corrected chi connectivity index (χ2v) is 9.49. The van der Waals surface area contributed by atoms with E-state index in [0.717, 1.165) is 24.4 Å². The van der Waals surface area contributed by atoms with E-state index in [1.54, 1.807) is 11.3 Å². The van der Waals surface area contributed by atoms with Crippen molar-refractivity contribution in [3.8, 4) is 0 Å². The Morgan fingerprint density at radius 3 is 2.77 bits per heavy atom. The average molecular weight is 370 g/mol. The first-order chi connectivity index (χ1) is 12.8. The van der Waals surface area contributed by atoms with Gasteiger partial charge in [0.25, 0.3) is 0 Å². The van der Waals surface area contributed by atoms with Crippen LogP contribution in [0.2, 0.25) is 0 Å². The van der Waals surface area contributed by atoms with Gasteiger partial charge in [-0.1, -0.05) is 19.8 Å². The number of anilines is 1. The van der Waals surface area contributed by atoms with Gasteiger partial charge in [0.2, 0.25) is 0 Å². The molecule has 26 heavy (non-hydrogen) atoms. The van der Waals surface area contributed by atoms with Crippen LogP contribution in [0.25, 0.3) is 10.9 Å². The number of hydrogen-bond donors (Lipinski definition) is 1. The minimum atomic E-state index is 0.833. The predicted octanol–water partition coefficient (Wildman–Crippen LogP) is 5.57. The third kappa shape index (κ3) is 3.16. The van der Waals surface area contributed by atoms with Crippen LogP contribution in [0.15, 0.2) is 18.2 Å². The van der Waals surface area contributed by atoms with Crippen molar-refractivity contribution in [2.24, 2.45) is 0 Å². The van der Waals surface area contributed by atoms with Gasteiger partial charge in [-0.2, -0.15) is 0 Å². The summed E-state index contributed by atoms with van der Waals surface area (Å²) >= 11 is 1.91. The van der Waals surface area contributed by atoms with Gasteiger partial charge in [0.05, 0.1) is 0 Å². The molecule has 2 heterocycles. The SMILES string of the molecule is CCCn1c2c(c3cc(NSC4CC4)ccc31)CN(C1CCCC1)CC2. The fourth-order valence-electron chi connectivity index (χ4n) is 4.93. The fourth-order valence-corrected chi connectivity index (χ4v) is 5.73. The van der Waals surface area contributed by atoms with Crippen LogP contribution >= 0.6 is 11.9 Å². The second kappa shape index (κ2) is 7.12. The molecule has 140 valence electrons. The van der Waals surface area contributed by atoms with E-state index in [1.165, 1.54) is 74.5 Å². The molecule has 4 heteroatoms.